The van der Waals surface area contributed by atoms with Crippen molar-refractivity contribution in [1.29, 1.82) is 0 Å². The number of benzene rings is 1. The van der Waals surface area contributed by atoms with E-state index in [-0.39, 0.29) is 50.4 Å². The first kappa shape index (κ1) is 32.9. The SMILES string of the molecule is NC(=O)CCC(NC(=O)C(CCCN=C(N)N)NC(=O)C(N)Cc1c[nH]c2ccccc12)C(=O)NC(CS)C(=O)O. The fraction of sp³-hybridized carbons (Fsp3) is 0.440. The average Bonchev–Trinajstić information content (AvgIpc) is 3.32. The van der Waals surface area contributed by atoms with Crippen LogP contribution in [0, 0.1) is 0 Å². The highest BCUT2D eigenvalue weighted by molar-refractivity contribution is 7.80. The molecule has 16 heteroatoms. The number of rotatable bonds is 17. The van der Waals surface area contributed by atoms with E-state index in [4.69, 9.17) is 22.9 Å². The molecule has 1 aromatic heterocycles. The molecule has 2 aromatic rings. The van der Waals surface area contributed by atoms with Gasteiger partial charge in [-0.15, -0.1) is 0 Å². The van der Waals surface area contributed by atoms with Crippen molar-refractivity contribution < 1.29 is 29.1 Å². The molecule has 0 fully saturated rings. The van der Waals surface area contributed by atoms with Crippen LogP contribution in [0.3, 0.4) is 0 Å². The highest BCUT2D eigenvalue weighted by Gasteiger charge is 2.30. The van der Waals surface area contributed by atoms with Gasteiger partial charge in [0.1, 0.15) is 18.1 Å². The largest absolute Gasteiger partial charge is 0.480 e. The summed E-state index contributed by atoms with van der Waals surface area (Å²) in [6.45, 7) is 0.164. The zero-order chi connectivity index (χ0) is 30.5. The number of amides is 4. The van der Waals surface area contributed by atoms with Crippen LogP contribution in [0.15, 0.2) is 35.5 Å². The summed E-state index contributed by atoms with van der Waals surface area (Å²) >= 11 is 3.91. The molecule has 4 atom stereocenters. The number of aliphatic carboxylic acids is 1. The monoisotopic (exact) mass is 591 g/mol. The van der Waals surface area contributed by atoms with E-state index in [0.717, 1.165) is 16.5 Å². The Bertz CT molecular complexity index is 1260. The van der Waals surface area contributed by atoms with Crippen molar-refractivity contribution in [3.05, 3.63) is 36.0 Å². The van der Waals surface area contributed by atoms with Crippen LogP contribution in [0.4, 0.5) is 0 Å². The number of aromatic amines is 1. The molecule has 15 nitrogen and oxygen atoms in total. The summed E-state index contributed by atoms with van der Waals surface area (Å²) in [5.74, 6) is -4.65. The lowest BCUT2D eigenvalue weighted by molar-refractivity contribution is -0.141. The van der Waals surface area contributed by atoms with Crippen LogP contribution in [0.5, 0.6) is 0 Å². The first-order chi connectivity index (χ1) is 19.4. The number of thiol groups is 1. The summed E-state index contributed by atoms with van der Waals surface area (Å²) in [6.07, 6.45) is 1.82. The van der Waals surface area contributed by atoms with E-state index in [2.05, 4.69) is 38.6 Å². The summed E-state index contributed by atoms with van der Waals surface area (Å²) in [5.41, 5.74) is 23.8. The Morgan fingerprint density at radius 2 is 1.54 bits per heavy atom. The summed E-state index contributed by atoms with van der Waals surface area (Å²) < 4.78 is 0. The van der Waals surface area contributed by atoms with Gasteiger partial charge in [0.25, 0.3) is 0 Å². The third kappa shape index (κ3) is 10.6. The molecule has 0 aliphatic rings. The van der Waals surface area contributed by atoms with E-state index in [9.17, 15) is 29.1 Å². The number of aliphatic imine (C=N–C) groups is 1. The van der Waals surface area contributed by atoms with Crippen LogP contribution in [-0.2, 0) is 30.4 Å². The van der Waals surface area contributed by atoms with E-state index in [0.29, 0.717) is 0 Å². The second kappa shape index (κ2) is 16.1. The van der Waals surface area contributed by atoms with E-state index < -0.39 is 53.8 Å². The van der Waals surface area contributed by atoms with E-state index in [1.165, 1.54) is 0 Å². The lowest BCUT2D eigenvalue weighted by Gasteiger charge is -2.25. The second-order valence-electron chi connectivity index (χ2n) is 9.33. The Morgan fingerprint density at radius 1 is 0.927 bits per heavy atom. The molecule has 2 rings (SSSR count). The van der Waals surface area contributed by atoms with Crippen molar-refractivity contribution in [3.63, 3.8) is 0 Å². The average molecular weight is 592 g/mol. The number of primary amides is 1. The number of hydrogen-bond acceptors (Lipinski definition) is 8. The van der Waals surface area contributed by atoms with Gasteiger partial charge in [-0.25, -0.2) is 4.79 Å². The molecule has 13 N–H and O–H groups in total. The Hall–Kier alpha value is -4.31. The third-order valence-electron chi connectivity index (χ3n) is 6.14. The zero-order valence-electron chi connectivity index (χ0n) is 22.3. The first-order valence-corrected chi connectivity index (χ1v) is 13.4. The van der Waals surface area contributed by atoms with Crippen LogP contribution in [0.2, 0.25) is 0 Å². The predicted octanol–water partition coefficient (Wildman–Crippen LogP) is -2.17. The number of guanidine groups is 1. The lowest BCUT2D eigenvalue weighted by Crippen LogP contribution is -2.57. The second-order valence-corrected chi connectivity index (χ2v) is 9.69. The van der Waals surface area contributed by atoms with Crippen molar-refractivity contribution in [2.24, 2.45) is 27.9 Å². The van der Waals surface area contributed by atoms with Gasteiger partial charge in [-0.2, -0.15) is 12.6 Å². The Labute approximate surface area is 241 Å². The van der Waals surface area contributed by atoms with Crippen LogP contribution in [-0.4, -0.2) is 82.1 Å². The van der Waals surface area contributed by atoms with E-state index in [1.54, 1.807) is 6.20 Å². The standard InChI is InChI=1S/C25H37N9O6S/c26-15(10-13-11-31-16-5-2-1-4-14(13)16)21(36)32-17(6-3-9-30-25(28)29)22(37)33-18(7-8-20(27)35)23(38)34-19(12-41)24(39)40/h1-2,4-5,11,15,17-19,31,41H,3,6-10,12,26H2,(H2,27,35)(H,32,36)(H,33,37)(H,34,38)(H,39,40)(H4,28,29,30). The first-order valence-electron chi connectivity index (χ1n) is 12.8. The van der Waals surface area contributed by atoms with Crippen molar-refractivity contribution in [2.75, 3.05) is 12.3 Å². The smallest absolute Gasteiger partial charge is 0.327 e. The van der Waals surface area contributed by atoms with Crippen LogP contribution < -0.4 is 38.9 Å². The molecular weight excluding hydrogens is 554 g/mol. The highest BCUT2D eigenvalue weighted by atomic mass is 32.1. The van der Waals surface area contributed by atoms with Gasteiger partial charge in [0.05, 0.1) is 6.04 Å². The number of nitrogens with one attached hydrogen (secondary N) is 4. The van der Waals surface area contributed by atoms with Gasteiger partial charge in [0.15, 0.2) is 5.96 Å². The molecular formula is C25H37N9O6S. The molecule has 4 unspecified atom stereocenters. The van der Waals surface area contributed by atoms with Crippen molar-refractivity contribution in [2.45, 2.75) is 56.3 Å². The number of fused-ring (bicyclic) bond motifs is 1. The molecule has 0 radical (unpaired) electrons. The molecule has 1 heterocycles. The third-order valence-corrected chi connectivity index (χ3v) is 6.50. The number of hydrogen-bond donors (Lipinski definition) is 10. The van der Waals surface area contributed by atoms with Gasteiger partial charge in [0, 0.05) is 35.8 Å². The molecule has 0 bridgehead atoms. The fourth-order valence-corrected chi connectivity index (χ4v) is 4.21. The van der Waals surface area contributed by atoms with Crippen molar-refractivity contribution >= 4 is 59.1 Å². The predicted molar refractivity (Wildman–Crippen MR) is 156 cm³/mol. The summed E-state index contributed by atoms with van der Waals surface area (Å²) in [7, 11) is 0. The lowest BCUT2D eigenvalue weighted by atomic mass is 10.0. The fourth-order valence-electron chi connectivity index (χ4n) is 3.97. The normalized spacial score (nSPS) is 13.8. The molecule has 0 saturated heterocycles. The number of nitrogens with two attached hydrogens (primary N) is 4. The highest BCUT2D eigenvalue weighted by Crippen LogP contribution is 2.19. The minimum atomic E-state index is -1.34. The number of carboxylic acids is 1. The van der Waals surface area contributed by atoms with E-state index in [1.807, 2.05) is 24.3 Å². The number of carbonyl (C=O) groups is 5. The molecule has 0 saturated carbocycles. The van der Waals surface area contributed by atoms with E-state index >= 15 is 0 Å². The number of nitrogens with zero attached hydrogens (tertiary/aromatic N) is 1. The number of para-hydroxylation sites is 1. The number of aromatic nitrogens is 1. The maximum atomic E-state index is 13.3. The summed E-state index contributed by atoms with van der Waals surface area (Å²) in [5, 5.41) is 17.5. The number of carboxylic acid groups (broad SMARTS) is 1. The molecule has 41 heavy (non-hydrogen) atoms. The maximum Gasteiger partial charge on any atom is 0.327 e. The summed E-state index contributed by atoms with van der Waals surface area (Å²) in [6, 6.07) is 2.69. The minimum Gasteiger partial charge on any atom is -0.480 e. The molecule has 224 valence electrons. The number of carbonyl (C=O) groups excluding carboxylic acids is 4. The Kier molecular flexibility index (Phi) is 12.9. The number of H-pyrrole nitrogens is 1. The maximum absolute atomic E-state index is 13.3. The molecule has 0 aliphatic carbocycles. The van der Waals surface area contributed by atoms with Gasteiger partial charge in [-0.05, 0) is 37.3 Å². The van der Waals surface area contributed by atoms with Crippen LogP contribution in [0.25, 0.3) is 10.9 Å². The van der Waals surface area contributed by atoms with Crippen LogP contribution >= 0.6 is 12.6 Å². The van der Waals surface area contributed by atoms with Gasteiger partial charge in [0.2, 0.25) is 23.6 Å². The Balaban J connectivity index is 2.18. The topological polar surface area (TPSA) is 274 Å². The molecule has 4 amide bonds. The summed E-state index contributed by atoms with van der Waals surface area (Å²) in [4.78, 5) is 68.8. The molecule has 1 aromatic carbocycles. The van der Waals surface area contributed by atoms with Gasteiger partial charge < -0.3 is 49.0 Å². The van der Waals surface area contributed by atoms with Gasteiger partial charge in [-0.1, -0.05) is 18.2 Å². The van der Waals surface area contributed by atoms with Crippen molar-refractivity contribution in [3.8, 4) is 0 Å². The Morgan fingerprint density at radius 3 is 2.15 bits per heavy atom. The molecule has 0 spiro atoms. The quantitative estimate of drug-likeness (QED) is 0.0414. The van der Waals surface area contributed by atoms with Crippen molar-refractivity contribution in [1.82, 2.24) is 20.9 Å². The minimum absolute atomic E-state index is 0.0761. The van der Waals surface area contributed by atoms with Crippen LogP contribution in [0.1, 0.15) is 31.2 Å². The molecule has 0 aliphatic heterocycles. The van der Waals surface area contributed by atoms with Gasteiger partial charge in [-0.3, -0.25) is 24.2 Å². The van der Waals surface area contributed by atoms with Gasteiger partial charge >= 0.3 is 5.97 Å². The zero-order valence-corrected chi connectivity index (χ0v) is 23.2.